The first kappa shape index (κ1) is 22.0. The molecular formula is C21H33N3O4. The Morgan fingerprint density at radius 1 is 1.11 bits per heavy atom. The number of benzene rings is 1. The predicted octanol–water partition coefficient (Wildman–Crippen LogP) is 3.24. The van der Waals surface area contributed by atoms with Gasteiger partial charge in [0.05, 0.1) is 0 Å². The fraction of sp³-hybridized carbons (Fsp3) is 0.619. The number of carbonyl (C=O) groups is 2. The lowest BCUT2D eigenvalue weighted by Gasteiger charge is -2.44. The van der Waals surface area contributed by atoms with E-state index in [1.807, 2.05) is 51.1 Å². The van der Waals surface area contributed by atoms with E-state index in [0.29, 0.717) is 26.2 Å². The number of nitrogens with one attached hydrogen (secondary N) is 1. The molecule has 1 N–H and O–H groups in total. The average Bonchev–Trinajstić information content (AvgIpc) is 2.61. The molecule has 1 aliphatic rings. The summed E-state index contributed by atoms with van der Waals surface area (Å²) in [4.78, 5) is 28.2. The molecule has 0 unspecified atom stereocenters. The van der Waals surface area contributed by atoms with Crippen molar-refractivity contribution < 1.29 is 19.1 Å². The summed E-state index contributed by atoms with van der Waals surface area (Å²) >= 11 is 0. The third-order valence-corrected chi connectivity index (χ3v) is 4.61. The van der Waals surface area contributed by atoms with Gasteiger partial charge in [0.2, 0.25) is 0 Å². The lowest BCUT2D eigenvalue weighted by Crippen LogP contribution is -2.59. The maximum atomic E-state index is 12.3. The molecule has 2 amide bonds. The molecule has 1 fully saturated rings. The molecular weight excluding hydrogens is 358 g/mol. The third kappa shape index (κ3) is 7.03. The minimum absolute atomic E-state index is 0.179. The van der Waals surface area contributed by atoms with Crippen molar-refractivity contribution in [1.29, 1.82) is 0 Å². The van der Waals surface area contributed by atoms with Gasteiger partial charge in [-0.25, -0.2) is 9.59 Å². The number of alkyl carbamates (subject to hydrolysis) is 1. The molecule has 0 radical (unpaired) electrons. The SMILES string of the molecule is C[C@@H]1CN(C(=O)OC(C)(C)C)C[C@H](C)N1CCNC(=O)OCc1ccccc1. The van der Waals surface area contributed by atoms with E-state index < -0.39 is 11.7 Å². The van der Waals surface area contributed by atoms with Crippen LogP contribution in [0.15, 0.2) is 30.3 Å². The van der Waals surface area contributed by atoms with Gasteiger partial charge in [0, 0.05) is 38.3 Å². The molecule has 156 valence electrons. The van der Waals surface area contributed by atoms with Gasteiger partial charge < -0.3 is 19.7 Å². The molecule has 7 nitrogen and oxygen atoms in total. The average molecular weight is 392 g/mol. The number of amides is 2. The highest BCUT2D eigenvalue weighted by Crippen LogP contribution is 2.18. The zero-order chi connectivity index (χ0) is 20.7. The van der Waals surface area contributed by atoms with Crippen LogP contribution in [-0.4, -0.2) is 65.9 Å². The van der Waals surface area contributed by atoms with Gasteiger partial charge in [0.1, 0.15) is 12.2 Å². The van der Waals surface area contributed by atoms with Crippen molar-refractivity contribution in [1.82, 2.24) is 15.1 Å². The molecule has 0 aromatic heterocycles. The molecule has 0 saturated carbocycles. The van der Waals surface area contributed by atoms with Crippen LogP contribution in [0.5, 0.6) is 0 Å². The van der Waals surface area contributed by atoms with Crippen molar-refractivity contribution in [2.75, 3.05) is 26.2 Å². The molecule has 1 heterocycles. The van der Waals surface area contributed by atoms with Gasteiger partial charge in [-0.15, -0.1) is 0 Å². The van der Waals surface area contributed by atoms with Crippen molar-refractivity contribution in [3.8, 4) is 0 Å². The van der Waals surface area contributed by atoms with Crippen LogP contribution < -0.4 is 5.32 Å². The molecule has 0 spiro atoms. The first-order valence-electron chi connectivity index (χ1n) is 9.84. The normalized spacial score (nSPS) is 20.5. The molecule has 2 rings (SSSR count). The maximum absolute atomic E-state index is 12.3. The van der Waals surface area contributed by atoms with Crippen LogP contribution in [0.25, 0.3) is 0 Å². The van der Waals surface area contributed by atoms with Crippen LogP contribution >= 0.6 is 0 Å². The van der Waals surface area contributed by atoms with Crippen LogP contribution in [-0.2, 0) is 16.1 Å². The second-order valence-corrected chi connectivity index (χ2v) is 8.31. The Bertz CT molecular complexity index is 633. The number of carbonyl (C=O) groups excluding carboxylic acids is 2. The lowest BCUT2D eigenvalue weighted by atomic mass is 10.1. The van der Waals surface area contributed by atoms with Crippen LogP contribution in [0, 0.1) is 0 Å². The van der Waals surface area contributed by atoms with E-state index in [0.717, 1.165) is 5.56 Å². The van der Waals surface area contributed by atoms with Crippen LogP contribution in [0.3, 0.4) is 0 Å². The van der Waals surface area contributed by atoms with Crippen LogP contribution in [0.1, 0.15) is 40.2 Å². The minimum atomic E-state index is -0.495. The summed E-state index contributed by atoms with van der Waals surface area (Å²) in [5, 5.41) is 2.80. The summed E-state index contributed by atoms with van der Waals surface area (Å²) < 4.78 is 10.7. The first-order chi connectivity index (χ1) is 13.2. The van der Waals surface area contributed by atoms with E-state index in [-0.39, 0.29) is 24.8 Å². The summed E-state index contributed by atoms with van der Waals surface area (Å²) in [6, 6.07) is 9.94. The summed E-state index contributed by atoms with van der Waals surface area (Å²) in [7, 11) is 0. The third-order valence-electron chi connectivity index (χ3n) is 4.61. The van der Waals surface area contributed by atoms with Crippen molar-refractivity contribution in [2.45, 2.75) is 58.9 Å². The monoisotopic (exact) mass is 391 g/mol. The van der Waals surface area contributed by atoms with E-state index in [1.54, 1.807) is 4.90 Å². The molecule has 1 aromatic carbocycles. The topological polar surface area (TPSA) is 71.1 Å². The number of hydrogen-bond donors (Lipinski definition) is 1. The molecule has 1 aliphatic heterocycles. The zero-order valence-corrected chi connectivity index (χ0v) is 17.6. The fourth-order valence-corrected chi connectivity index (χ4v) is 3.33. The van der Waals surface area contributed by atoms with Crippen molar-refractivity contribution in [3.05, 3.63) is 35.9 Å². The summed E-state index contributed by atoms with van der Waals surface area (Å²) in [6.45, 7) is 12.5. The predicted molar refractivity (Wildman–Crippen MR) is 108 cm³/mol. The van der Waals surface area contributed by atoms with Gasteiger partial charge in [-0.3, -0.25) is 4.90 Å². The highest BCUT2D eigenvalue weighted by Gasteiger charge is 2.33. The Labute approximate surface area is 168 Å². The maximum Gasteiger partial charge on any atom is 0.410 e. The number of piperazine rings is 1. The molecule has 28 heavy (non-hydrogen) atoms. The highest BCUT2D eigenvalue weighted by atomic mass is 16.6. The number of ether oxygens (including phenoxy) is 2. The summed E-state index contributed by atoms with van der Waals surface area (Å²) in [5.41, 5.74) is 0.461. The molecule has 2 atom stereocenters. The van der Waals surface area contributed by atoms with Gasteiger partial charge in [-0.05, 0) is 40.2 Å². The minimum Gasteiger partial charge on any atom is -0.445 e. The largest absolute Gasteiger partial charge is 0.445 e. The van der Waals surface area contributed by atoms with E-state index in [1.165, 1.54) is 0 Å². The van der Waals surface area contributed by atoms with Crippen molar-refractivity contribution in [2.24, 2.45) is 0 Å². The van der Waals surface area contributed by atoms with Crippen LogP contribution in [0.4, 0.5) is 9.59 Å². The molecule has 0 bridgehead atoms. The Hall–Kier alpha value is -2.28. The summed E-state index contributed by atoms with van der Waals surface area (Å²) in [6.07, 6.45) is -0.690. The van der Waals surface area contributed by atoms with Gasteiger partial charge in [0.15, 0.2) is 0 Å². The number of hydrogen-bond acceptors (Lipinski definition) is 5. The Morgan fingerprint density at radius 2 is 1.71 bits per heavy atom. The fourth-order valence-electron chi connectivity index (χ4n) is 3.33. The number of nitrogens with zero attached hydrogens (tertiary/aromatic N) is 2. The van der Waals surface area contributed by atoms with Gasteiger partial charge in [-0.2, -0.15) is 0 Å². The van der Waals surface area contributed by atoms with E-state index in [9.17, 15) is 9.59 Å². The van der Waals surface area contributed by atoms with Gasteiger partial charge in [-0.1, -0.05) is 30.3 Å². The zero-order valence-electron chi connectivity index (χ0n) is 17.6. The molecule has 7 heteroatoms. The molecule has 1 aromatic rings. The smallest absolute Gasteiger partial charge is 0.410 e. The first-order valence-corrected chi connectivity index (χ1v) is 9.84. The quantitative estimate of drug-likeness (QED) is 0.834. The Kier molecular flexibility index (Phi) is 7.69. The second kappa shape index (κ2) is 9.78. The van der Waals surface area contributed by atoms with Gasteiger partial charge >= 0.3 is 12.2 Å². The Balaban J connectivity index is 1.72. The van der Waals surface area contributed by atoms with Crippen LogP contribution in [0.2, 0.25) is 0 Å². The van der Waals surface area contributed by atoms with E-state index in [2.05, 4.69) is 24.1 Å². The molecule has 0 aliphatic carbocycles. The van der Waals surface area contributed by atoms with Gasteiger partial charge in [0.25, 0.3) is 0 Å². The van der Waals surface area contributed by atoms with Crippen molar-refractivity contribution in [3.63, 3.8) is 0 Å². The Morgan fingerprint density at radius 3 is 2.29 bits per heavy atom. The van der Waals surface area contributed by atoms with E-state index >= 15 is 0 Å². The lowest BCUT2D eigenvalue weighted by molar-refractivity contribution is -0.00710. The van der Waals surface area contributed by atoms with Crippen molar-refractivity contribution >= 4 is 12.2 Å². The standard InChI is InChI=1S/C21H33N3O4/c1-16-13-23(20(26)28-21(3,4)5)14-17(2)24(16)12-11-22-19(25)27-15-18-9-7-6-8-10-18/h6-10,16-17H,11-15H2,1-5H3,(H,22,25)/t16-,17+. The highest BCUT2D eigenvalue weighted by molar-refractivity contribution is 5.68. The summed E-state index contributed by atoms with van der Waals surface area (Å²) in [5.74, 6) is 0. The number of rotatable bonds is 5. The van der Waals surface area contributed by atoms with E-state index in [4.69, 9.17) is 9.47 Å². The second-order valence-electron chi connectivity index (χ2n) is 8.31. The molecule has 1 saturated heterocycles.